The Morgan fingerprint density at radius 2 is 1.71 bits per heavy atom. The lowest BCUT2D eigenvalue weighted by atomic mass is 10.2. The second kappa shape index (κ2) is 3.60. The average molecular weight is 224 g/mol. The second-order valence-electron chi connectivity index (χ2n) is 2.39. The SMILES string of the molecule is O=S(=O)(O)OC(F)(F)c1ccccc1. The van der Waals surface area contributed by atoms with Crippen molar-refractivity contribution in [3.8, 4) is 0 Å². The Kier molecular flexibility index (Phi) is 2.84. The van der Waals surface area contributed by atoms with Gasteiger partial charge in [-0.3, -0.25) is 4.55 Å². The summed E-state index contributed by atoms with van der Waals surface area (Å²) < 4.78 is 57.2. The van der Waals surface area contributed by atoms with Crippen molar-refractivity contribution in [1.82, 2.24) is 0 Å². The highest BCUT2D eigenvalue weighted by Crippen LogP contribution is 2.30. The third kappa shape index (κ3) is 3.02. The van der Waals surface area contributed by atoms with Crippen molar-refractivity contribution in [2.75, 3.05) is 0 Å². The van der Waals surface area contributed by atoms with Crippen LogP contribution >= 0.6 is 0 Å². The van der Waals surface area contributed by atoms with Gasteiger partial charge < -0.3 is 0 Å². The van der Waals surface area contributed by atoms with Gasteiger partial charge >= 0.3 is 16.5 Å². The zero-order valence-electron chi connectivity index (χ0n) is 6.72. The lowest BCUT2D eigenvalue weighted by molar-refractivity contribution is -0.185. The smallest absolute Gasteiger partial charge is 0.263 e. The summed E-state index contributed by atoms with van der Waals surface area (Å²) in [5.74, 6) is 0. The van der Waals surface area contributed by atoms with E-state index in [1.807, 2.05) is 0 Å². The van der Waals surface area contributed by atoms with Crippen LogP contribution < -0.4 is 0 Å². The minimum atomic E-state index is -5.18. The molecule has 0 saturated heterocycles. The highest BCUT2D eigenvalue weighted by molar-refractivity contribution is 7.80. The normalized spacial score (nSPS) is 12.8. The monoisotopic (exact) mass is 224 g/mol. The number of hydrogen-bond acceptors (Lipinski definition) is 3. The summed E-state index contributed by atoms with van der Waals surface area (Å²) in [5, 5.41) is 0. The molecule has 0 heterocycles. The Bertz CT molecular complexity index is 401. The van der Waals surface area contributed by atoms with E-state index in [9.17, 15) is 17.2 Å². The zero-order valence-corrected chi connectivity index (χ0v) is 7.54. The molecule has 0 aliphatic heterocycles. The Morgan fingerprint density at radius 3 is 2.14 bits per heavy atom. The fourth-order valence-electron chi connectivity index (χ4n) is 0.813. The molecule has 4 nitrogen and oxygen atoms in total. The van der Waals surface area contributed by atoms with Gasteiger partial charge in [0.15, 0.2) is 0 Å². The summed E-state index contributed by atoms with van der Waals surface area (Å²) in [6.07, 6.45) is -4.06. The molecule has 0 bridgehead atoms. The van der Waals surface area contributed by atoms with Crippen LogP contribution in [0.5, 0.6) is 0 Å². The van der Waals surface area contributed by atoms with Crippen molar-refractivity contribution in [3.63, 3.8) is 0 Å². The minimum absolute atomic E-state index is 0.655. The van der Waals surface area contributed by atoms with Crippen LogP contribution in [0.2, 0.25) is 0 Å². The summed E-state index contributed by atoms with van der Waals surface area (Å²) in [4.78, 5) is 0. The van der Waals surface area contributed by atoms with Crippen LogP contribution in [-0.2, 0) is 20.7 Å². The van der Waals surface area contributed by atoms with Gasteiger partial charge in [0.05, 0.1) is 5.56 Å². The summed E-state index contributed by atoms with van der Waals surface area (Å²) >= 11 is 0. The van der Waals surface area contributed by atoms with E-state index < -0.39 is 22.1 Å². The standard InChI is InChI=1S/C7H6F2O4S/c8-7(9,13-14(10,11)12)6-4-2-1-3-5-6/h1-5H,(H,10,11,12). The van der Waals surface area contributed by atoms with Crippen molar-refractivity contribution in [2.45, 2.75) is 6.11 Å². The predicted molar refractivity (Wildman–Crippen MR) is 43.0 cm³/mol. The van der Waals surface area contributed by atoms with Crippen molar-refractivity contribution >= 4 is 10.4 Å². The Balaban J connectivity index is 2.97. The van der Waals surface area contributed by atoms with E-state index in [1.165, 1.54) is 18.2 Å². The molecule has 7 heteroatoms. The predicted octanol–water partition coefficient (Wildman–Crippen LogP) is 1.56. The number of alkyl halides is 2. The minimum Gasteiger partial charge on any atom is -0.263 e. The molecule has 0 spiro atoms. The van der Waals surface area contributed by atoms with E-state index in [1.54, 1.807) is 0 Å². The Morgan fingerprint density at radius 1 is 1.21 bits per heavy atom. The number of benzene rings is 1. The lowest BCUT2D eigenvalue weighted by Crippen LogP contribution is -2.22. The molecular weight excluding hydrogens is 218 g/mol. The second-order valence-corrected chi connectivity index (χ2v) is 3.42. The first-order valence-corrected chi connectivity index (χ1v) is 4.79. The molecule has 0 atom stereocenters. The highest BCUT2D eigenvalue weighted by Gasteiger charge is 2.38. The van der Waals surface area contributed by atoms with Gasteiger partial charge in [0.2, 0.25) is 0 Å². The molecule has 0 radical (unpaired) electrons. The first-order valence-electron chi connectivity index (χ1n) is 3.43. The molecular formula is C7H6F2O4S. The number of rotatable bonds is 3. The Hall–Kier alpha value is -1.05. The molecule has 0 aliphatic rings. The first kappa shape index (κ1) is 11.0. The number of hydrogen-bond donors (Lipinski definition) is 1. The molecule has 0 amide bonds. The van der Waals surface area contributed by atoms with Crippen LogP contribution in [-0.4, -0.2) is 13.0 Å². The van der Waals surface area contributed by atoms with E-state index >= 15 is 0 Å². The van der Waals surface area contributed by atoms with Crippen LogP contribution in [0, 0.1) is 0 Å². The van der Waals surface area contributed by atoms with E-state index in [4.69, 9.17) is 4.55 Å². The largest absolute Gasteiger partial charge is 0.402 e. The van der Waals surface area contributed by atoms with Crippen molar-refractivity contribution in [2.24, 2.45) is 0 Å². The van der Waals surface area contributed by atoms with Crippen LogP contribution in [0.3, 0.4) is 0 Å². The third-order valence-electron chi connectivity index (χ3n) is 1.32. The molecule has 1 rings (SSSR count). The fraction of sp³-hybridized carbons (Fsp3) is 0.143. The zero-order chi connectivity index (χ0) is 10.8. The van der Waals surface area contributed by atoms with Gasteiger partial charge in [-0.15, -0.1) is 0 Å². The molecule has 0 saturated carbocycles. The van der Waals surface area contributed by atoms with Crippen LogP contribution in [0.1, 0.15) is 5.56 Å². The molecule has 1 aromatic carbocycles. The summed E-state index contributed by atoms with van der Waals surface area (Å²) in [7, 11) is -5.18. The molecule has 1 aromatic rings. The molecule has 0 aromatic heterocycles. The summed E-state index contributed by atoms with van der Waals surface area (Å²) in [6, 6.07) is 6.01. The van der Waals surface area contributed by atoms with E-state index in [0.29, 0.717) is 0 Å². The van der Waals surface area contributed by atoms with Gasteiger partial charge in [-0.2, -0.15) is 21.4 Å². The molecule has 0 aliphatic carbocycles. The van der Waals surface area contributed by atoms with E-state index in [-0.39, 0.29) is 0 Å². The van der Waals surface area contributed by atoms with Gasteiger partial charge in [0.1, 0.15) is 0 Å². The molecule has 1 N–H and O–H groups in total. The Labute approximate surface area is 79.1 Å². The lowest BCUT2D eigenvalue weighted by Gasteiger charge is -2.13. The maximum Gasteiger partial charge on any atom is 0.402 e. The summed E-state index contributed by atoms with van der Waals surface area (Å²) in [5.41, 5.74) is -0.655. The van der Waals surface area contributed by atoms with Crippen LogP contribution in [0.25, 0.3) is 0 Å². The fourth-order valence-corrected chi connectivity index (χ4v) is 1.17. The quantitative estimate of drug-likeness (QED) is 0.791. The maximum absolute atomic E-state index is 12.9. The third-order valence-corrected chi connectivity index (χ3v) is 1.74. The van der Waals surface area contributed by atoms with Gasteiger partial charge in [0.25, 0.3) is 0 Å². The van der Waals surface area contributed by atoms with Crippen LogP contribution in [0.15, 0.2) is 30.3 Å². The first-order chi connectivity index (χ1) is 6.31. The molecule has 14 heavy (non-hydrogen) atoms. The molecule has 0 fully saturated rings. The molecule has 78 valence electrons. The van der Waals surface area contributed by atoms with Gasteiger partial charge in [-0.25, -0.2) is 0 Å². The van der Waals surface area contributed by atoms with Gasteiger partial charge in [-0.05, 0) is 0 Å². The summed E-state index contributed by atoms with van der Waals surface area (Å²) in [6.45, 7) is 0. The number of halogens is 2. The van der Waals surface area contributed by atoms with Crippen LogP contribution in [0.4, 0.5) is 8.78 Å². The van der Waals surface area contributed by atoms with Crippen molar-refractivity contribution in [1.29, 1.82) is 0 Å². The van der Waals surface area contributed by atoms with Crippen molar-refractivity contribution < 1.29 is 25.9 Å². The highest BCUT2D eigenvalue weighted by atomic mass is 32.3. The van der Waals surface area contributed by atoms with Crippen molar-refractivity contribution in [3.05, 3.63) is 35.9 Å². The topological polar surface area (TPSA) is 63.6 Å². The maximum atomic E-state index is 12.9. The van der Waals surface area contributed by atoms with E-state index in [0.717, 1.165) is 12.1 Å². The van der Waals surface area contributed by atoms with Gasteiger partial charge in [-0.1, -0.05) is 30.3 Å². The van der Waals surface area contributed by atoms with Gasteiger partial charge in [0, 0.05) is 0 Å². The molecule has 0 unspecified atom stereocenters. The average Bonchev–Trinajstić information content (AvgIpc) is 2.01. The van der Waals surface area contributed by atoms with E-state index in [2.05, 4.69) is 4.18 Å².